The molecule has 6 nitrogen and oxygen atoms in total. The van der Waals surface area contributed by atoms with Crippen LogP contribution in [0.3, 0.4) is 0 Å². The van der Waals surface area contributed by atoms with Crippen LogP contribution in [0.4, 0.5) is 5.69 Å². The molecule has 27 heavy (non-hydrogen) atoms. The molecule has 0 bridgehead atoms. The number of fused-ring (bicyclic) bond motifs is 1. The summed E-state index contributed by atoms with van der Waals surface area (Å²) in [6.07, 6.45) is 0. The van der Waals surface area contributed by atoms with Crippen molar-refractivity contribution in [3.63, 3.8) is 0 Å². The molecule has 138 valence electrons. The van der Waals surface area contributed by atoms with E-state index in [0.717, 1.165) is 11.3 Å². The zero-order valence-corrected chi connectivity index (χ0v) is 14.8. The van der Waals surface area contributed by atoms with Crippen LogP contribution in [0.25, 0.3) is 0 Å². The Bertz CT molecular complexity index is 867. The van der Waals surface area contributed by atoms with Gasteiger partial charge in [0, 0.05) is 5.69 Å². The minimum Gasteiger partial charge on any atom is -0.464 e. The van der Waals surface area contributed by atoms with Gasteiger partial charge in [0.2, 0.25) is 0 Å². The lowest BCUT2D eigenvalue weighted by Crippen LogP contribution is -2.44. The first-order valence-electron chi connectivity index (χ1n) is 8.94. The van der Waals surface area contributed by atoms with E-state index in [-0.39, 0.29) is 6.61 Å². The van der Waals surface area contributed by atoms with Crippen LogP contribution in [0, 0.1) is 11.8 Å². The number of carbonyl (C=O) groups is 3. The van der Waals surface area contributed by atoms with Crippen molar-refractivity contribution >= 4 is 23.6 Å². The highest BCUT2D eigenvalue weighted by molar-refractivity contribution is 6.03. The maximum absolute atomic E-state index is 12.8. The molecule has 0 radical (unpaired) electrons. The van der Waals surface area contributed by atoms with Crippen LogP contribution in [0.2, 0.25) is 0 Å². The van der Waals surface area contributed by atoms with Gasteiger partial charge in [-0.1, -0.05) is 48.5 Å². The molecule has 2 aromatic carbocycles. The zero-order chi connectivity index (χ0) is 19.0. The Morgan fingerprint density at radius 2 is 1.56 bits per heavy atom. The van der Waals surface area contributed by atoms with Gasteiger partial charge in [-0.25, -0.2) is 4.79 Å². The molecule has 2 aliphatic rings. The maximum atomic E-state index is 12.8. The molecule has 6 heteroatoms. The molecule has 0 amide bonds. The molecule has 0 saturated carbocycles. The highest BCUT2D eigenvalue weighted by Gasteiger charge is 2.64. The van der Waals surface area contributed by atoms with Gasteiger partial charge in [-0.15, -0.1) is 0 Å². The molecule has 0 spiro atoms. The van der Waals surface area contributed by atoms with E-state index in [1.54, 1.807) is 6.92 Å². The fourth-order valence-electron chi connectivity index (χ4n) is 4.13. The summed E-state index contributed by atoms with van der Waals surface area (Å²) in [6, 6.07) is 17.3. The molecule has 2 fully saturated rings. The Labute approximate surface area is 156 Å². The number of carbonyl (C=O) groups excluding carboxylic acids is 3. The van der Waals surface area contributed by atoms with Crippen molar-refractivity contribution in [2.45, 2.75) is 19.0 Å². The van der Waals surface area contributed by atoms with Crippen LogP contribution < -0.4 is 4.90 Å². The lowest BCUT2D eigenvalue weighted by atomic mass is 9.86. The van der Waals surface area contributed by atoms with Crippen molar-refractivity contribution < 1.29 is 23.9 Å². The smallest absolute Gasteiger partial charge is 0.329 e. The summed E-state index contributed by atoms with van der Waals surface area (Å²) in [7, 11) is 0. The average molecular weight is 365 g/mol. The summed E-state index contributed by atoms with van der Waals surface area (Å²) < 4.78 is 10.2. The Morgan fingerprint density at radius 1 is 0.963 bits per heavy atom. The van der Waals surface area contributed by atoms with E-state index in [9.17, 15) is 14.4 Å². The van der Waals surface area contributed by atoms with Crippen molar-refractivity contribution in [1.29, 1.82) is 0 Å². The predicted molar refractivity (Wildman–Crippen MR) is 96.6 cm³/mol. The summed E-state index contributed by atoms with van der Waals surface area (Å²) in [4.78, 5) is 39.6. The Balaban J connectivity index is 1.90. The number of nitrogens with zero attached hydrogens (tertiary/aromatic N) is 1. The molecule has 0 unspecified atom stereocenters. The summed E-state index contributed by atoms with van der Waals surface area (Å²) in [6.45, 7) is 1.90. The Kier molecular flexibility index (Phi) is 4.39. The average Bonchev–Trinajstić information content (AvgIpc) is 3.19. The van der Waals surface area contributed by atoms with E-state index in [2.05, 4.69) is 0 Å². The third kappa shape index (κ3) is 2.77. The van der Waals surface area contributed by atoms with Crippen molar-refractivity contribution in [3.8, 4) is 0 Å². The monoisotopic (exact) mass is 365 g/mol. The van der Waals surface area contributed by atoms with E-state index < -0.39 is 41.8 Å². The summed E-state index contributed by atoms with van der Waals surface area (Å²) >= 11 is 0. The van der Waals surface area contributed by atoms with E-state index in [4.69, 9.17) is 9.47 Å². The minimum absolute atomic E-state index is 0.189. The minimum atomic E-state index is -0.915. The molecule has 4 atom stereocenters. The SMILES string of the molecule is CCOC(=O)[C@@H]1[C@H]2C(=O)OC(=O)[C@H]2[C@@H](c2ccccc2)N1c1ccccc1. The quantitative estimate of drug-likeness (QED) is 0.612. The van der Waals surface area contributed by atoms with Gasteiger partial charge in [-0.2, -0.15) is 0 Å². The van der Waals surface area contributed by atoms with Crippen LogP contribution in [-0.4, -0.2) is 30.6 Å². The molecule has 2 saturated heterocycles. The van der Waals surface area contributed by atoms with E-state index in [1.807, 2.05) is 65.6 Å². The number of cyclic esters (lactones) is 2. The first-order valence-corrected chi connectivity index (χ1v) is 8.94. The van der Waals surface area contributed by atoms with Gasteiger partial charge in [-0.05, 0) is 24.6 Å². The number of hydrogen-bond acceptors (Lipinski definition) is 6. The summed E-state index contributed by atoms with van der Waals surface area (Å²) in [5.74, 6) is -3.42. The lowest BCUT2D eigenvalue weighted by Gasteiger charge is -2.33. The van der Waals surface area contributed by atoms with E-state index in [1.165, 1.54) is 0 Å². The topological polar surface area (TPSA) is 72.9 Å². The number of hydrogen-bond donors (Lipinski definition) is 0. The van der Waals surface area contributed by atoms with Gasteiger partial charge in [0.25, 0.3) is 0 Å². The highest BCUT2D eigenvalue weighted by Crippen LogP contribution is 2.51. The number of benzene rings is 2. The van der Waals surface area contributed by atoms with Crippen molar-refractivity contribution in [1.82, 2.24) is 0 Å². The highest BCUT2D eigenvalue weighted by atomic mass is 16.6. The number of para-hydroxylation sites is 1. The van der Waals surface area contributed by atoms with E-state index >= 15 is 0 Å². The maximum Gasteiger partial charge on any atom is 0.329 e. The number of ether oxygens (including phenoxy) is 2. The molecular weight excluding hydrogens is 346 g/mol. The molecule has 2 heterocycles. The third-order valence-electron chi connectivity index (χ3n) is 5.14. The Morgan fingerprint density at radius 3 is 2.19 bits per heavy atom. The van der Waals surface area contributed by atoms with Gasteiger partial charge < -0.3 is 14.4 Å². The Hall–Kier alpha value is -3.15. The van der Waals surface area contributed by atoms with Gasteiger partial charge in [0.1, 0.15) is 12.0 Å². The molecule has 2 aliphatic heterocycles. The van der Waals surface area contributed by atoms with Gasteiger partial charge in [-0.3, -0.25) is 9.59 Å². The molecule has 4 rings (SSSR count). The van der Waals surface area contributed by atoms with Crippen molar-refractivity contribution in [2.24, 2.45) is 11.8 Å². The fourth-order valence-corrected chi connectivity index (χ4v) is 4.13. The molecule has 0 aliphatic carbocycles. The second-order valence-electron chi connectivity index (χ2n) is 6.59. The summed E-state index contributed by atoms with van der Waals surface area (Å²) in [5.41, 5.74) is 1.59. The molecule has 2 aromatic rings. The van der Waals surface area contributed by atoms with Crippen molar-refractivity contribution in [2.75, 3.05) is 11.5 Å². The van der Waals surface area contributed by atoms with E-state index in [0.29, 0.717) is 0 Å². The van der Waals surface area contributed by atoms with Crippen molar-refractivity contribution in [3.05, 3.63) is 66.2 Å². The second-order valence-corrected chi connectivity index (χ2v) is 6.59. The standard InChI is InChI=1S/C21H19NO5/c1-2-26-21(25)18-16-15(19(23)27-20(16)24)17(13-9-5-3-6-10-13)22(18)14-11-7-4-8-12-14/h3-12,15-18H,2H2,1H3/t15-,16+,17-,18+/m1/s1. The molecule has 0 aromatic heterocycles. The predicted octanol–water partition coefficient (Wildman–Crippen LogP) is 2.50. The first kappa shape index (κ1) is 17.3. The zero-order valence-electron chi connectivity index (χ0n) is 14.8. The van der Waals surface area contributed by atoms with Crippen LogP contribution in [0.5, 0.6) is 0 Å². The largest absolute Gasteiger partial charge is 0.464 e. The first-order chi connectivity index (χ1) is 13.1. The normalized spacial score (nSPS) is 26.6. The number of rotatable bonds is 4. The third-order valence-corrected chi connectivity index (χ3v) is 5.14. The van der Waals surface area contributed by atoms with Crippen LogP contribution in [-0.2, 0) is 23.9 Å². The van der Waals surface area contributed by atoms with Crippen LogP contribution >= 0.6 is 0 Å². The summed E-state index contributed by atoms with van der Waals surface area (Å²) in [5, 5.41) is 0. The second kappa shape index (κ2) is 6.87. The molecule has 0 N–H and O–H groups in total. The lowest BCUT2D eigenvalue weighted by molar-refractivity contribution is -0.157. The van der Waals surface area contributed by atoms with Crippen LogP contribution in [0.1, 0.15) is 18.5 Å². The molecular formula is C21H19NO5. The number of esters is 3. The number of anilines is 1. The van der Waals surface area contributed by atoms with Crippen LogP contribution in [0.15, 0.2) is 60.7 Å². The van der Waals surface area contributed by atoms with Gasteiger partial charge in [0.05, 0.1) is 18.6 Å². The van der Waals surface area contributed by atoms with Gasteiger partial charge in [0.15, 0.2) is 0 Å². The fraction of sp³-hybridized carbons (Fsp3) is 0.286. The van der Waals surface area contributed by atoms with Gasteiger partial charge >= 0.3 is 17.9 Å².